The summed E-state index contributed by atoms with van der Waals surface area (Å²) in [6.45, 7) is 2.19. The first kappa shape index (κ1) is 12.6. The van der Waals surface area contributed by atoms with Crippen molar-refractivity contribution in [3.63, 3.8) is 0 Å². The van der Waals surface area contributed by atoms with Gasteiger partial charge in [0.2, 0.25) is 0 Å². The number of thiazole rings is 1. The molecule has 18 heavy (non-hydrogen) atoms. The molecule has 3 nitrogen and oxygen atoms in total. The van der Waals surface area contributed by atoms with E-state index in [1.165, 1.54) is 37.9 Å². The summed E-state index contributed by atoms with van der Waals surface area (Å²) in [6.07, 6.45) is 9.61. The van der Waals surface area contributed by atoms with Gasteiger partial charge in [0.05, 0.1) is 5.69 Å². The second kappa shape index (κ2) is 5.72. The summed E-state index contributed by atoms with van der Waals surface area (Å²) in [5, 5.41) is 3.18. The van der Waals surface area contributed by atoms with Crippen molar-refractivity contribution in [2.75, 3.05) is 11.9 Å². The maximum absolute atomic E-state index is 4.69. The molecule has 98 valence electrons. The Morgan fingerprint density at radius 3 is 3.06 bits per heavy atom. The highest BCUT2D eigenvalue weighted by atomic mass is 79.9. The van der Waals surface area contributed by atoms with E-state index >= 15 is 0 Å². The van der Waals surface area contributed by atoms with Crippen LogP contribution in [0.4, 0.5) is 0 Å². The van der Waals surface area contributed by atoms with Crippen LogP contribution in [0.15, 0.2) is 17.8 Å². The van der Waals surface area contributed by atoms with Crippen LogP contribution in [-0.4, -0.2) is 32.2 Å². The fourth-order valence-corrected chi connectivity index (χ4v) is 3.44. The fourth-order valence-electron chi connectivity index (χ4n) is 2.47. The lowest BCUT2D eigenvalue weighted by Crippen LogP contribution is -2.40. The van der Waals surface area contributed by atoms with Crippen molar-refractivity contribution in [2.45, 2.75) is 38.3 Å². The summed E-state index contributed by atoms with van der Waals surface area (Å²) in [5.74, 6) is 0. The lowest BCUT2D eigenvalue weighted by molar-refractivity contribution is 0.119. The monoisotopic (exact) mass is 327 g/mol. The van der Waals surface area contributed by atoms with Gasteiger partial charge in [-0.1, -0.05) is 22.4 Å². The Kier molecular flexibility index (Phi) is 4.01. The van der Waals surface area contributed by atoms with Crippen LogP contribution >= 0.6 is 27.3 Å². The van der Waals surface area contributed by atoms with Gasteiger partial charge in [0.15, 0.2) is 4.96 Å². The third-order valence-electron chi connectivity index (χ3n) is 3.68. The number of halogens is 1. The molecule has 0 amide bonds. The van der Waals surface area contributed by atoms with Gasteiger partial charge in [-0.3, -0.25) is 9.30 Å². The van der Waals surface area contributed by atoms with Crippen LogP contribution in [0.2, 0.25) is 0 Å². The van der Waals surface area contributed by atoms with Gasteiger partial charge >= 0.3 is 0 Å². The molecule has 0 spiro atoms. The lowest BCUT2D eigenvalue weighted by Gasteiger charge is -2.37. The Balaban J connectivity index is 1.68. The number of aromatic nitrogens is 2. The van der Waals surface area contributed by atoms with Crippen LogP contribution in [0, 0.1) is 0 Å². The van der Waals surface area contributed by atoms with Gasteiger partial charge in [-0.15, -0.1) is 11.3 Å². The molecule has 0 aromatic carbocycles. The average molecular weight is 328 g/mol. The van der Waals surface area contributed by atoms with Crippen LogP contribution in [0.1, 0.15) is 31.4 Å². The van der Waals surface area contributed by atoms with E-state index in [1.807, 2.05) is 0 Å². The Morgan fingerprint density at radius 1 is 1.50 bits per heavy atom. The van der Waals surface area contributed by atoms with Crippen molar-refractivity contribution < 1.29 is 0 Å². The number of nitrogens with zero attached hydrogens (tertiary/aromatic N) is 3. The number of imidazole rings is 1. The molecule has 0 saturated heterocycles. The zero-order chi connectivity index (χ0) is 12.4. The summed E-state index contributed by atoms with van der Waals surface area (Å²) in [4.78, 5) is 8.41. The van der Waals surface area contributed by atoms with Gasteiger partial charge in [0.25, 0.3) is 0 Å². The maximum atomic E-state index is 4.69. The predicted molar refractivity (Wildman–Crippen MR) is 79.5 cm³/mol. The molecular weight excluding hydrogens is 310 g/mol. The minimum Gasteiger partial charge on any atom is -0.297 e. The number of alkyl halides is 1. The van der Waals surface area contributed by atoms with Gasteiger partial charge in [0, 0.05) is 35.7 Å². The van der Waals surface area contributed by atoms with E-state index in [4.69, 9.17) is 0 Å². The predicted octanol–water partition coefficient (Wildman–Crippen LogP) is 3.54. The Morgan fingerprint density at radius 2 is 2.39 bits per heavy atom. The standard InChI is InChI=1S/C13H18BrN3S/c14-5-2-6-16(12-3-1-4-12)9-11-10-17-7-8-18-13(17)15-11/h7-8,10,12H,1-6,9H2. The second-order valence-corrected chi connectivity index (χ2v) is 6.59. The topological polar surface area (TPSA) is 20.5 Å². The van der Waals surface area contributed by atoms with E-state index in [0.29, 0.717) is 0 Å². The molecule has 2 aromatic rings. The molecule has 0 unspecified atom stereocenters. The highest BCUT2D eigenvalue weighted by Gasteiger charge is 2.25. The molecule has 1 aliphatic carbocycles. The minimum atomic E-state index is 0.795. The first-order valence-electron chi connectivity index (χ1n) is 6.58. The molecule has 1 aliphatic rings. The smallest absolute Gasteiger partial charge is 0.193 e. The van der Waals surface area contributed by atoms with Crippen molar-refractivity contribution in [2.24, 2.45) is 0 Å². The minimum absolute atomic E-state index is 0.795. The van der Waals surface area contributed by atoms with Crippen LogP contribution in [-0.2, 0) is 6.54 Å². The number of hydrogen-bond donors (Lipinski definition) is 0. The molecule has 0 bridgehead atoms. The van der Waals surface area contributed by atoms with E-state index < -0.39 is 0 Å². The maximum Gasteiger partial charge on any atom is 0.193 e. The van der Waals surface area contributed by atoms with E-state index in [0.717, 1.165) is 22.9 Å². The van der Waals surface area contributed by atoms with Crippen molar-refractivity contribution >= 4 is 32.2 Å². The summed E-state index contributed by atoms with van der Waals surface area (Å²) >= 11 is 5.24. The zero-order valence-corrected chi connectivity index (χ0v) is 12.8. The van der Waals surface area contributed by atoms with Gasteiger partial charge in [0.1, 0.15) is 0 Å². The molecule has 5 heteroatoms. The first-order valence-corrected chi connectivity index (χ1v) is 8.58. The first-order chi connectivity index (χ1) is 8.86. The SMILES string of the molecule is BrCCCN(Cc1cn2ccsc2n1)C1CCC1. The van der Waals surface area contributed by atoms with Gasteiger partial charge in [-0.2, -0.15) is 0 Å². The molecule has 3 rings (SSSR count). The Bertz CT molecular complexity index is 475. The molecule has 0 N–H and O–H groups in total. The molecular formula is C13H18BrN3S. The summed E-state index contributed by atoms with van der Waals surface area (Å²) in [5.41, 5.74) is 1.21. The Hall–Kier alpha value is -0.390. The van der Waals surface area contributed by atoms with Gasteiger partial charge in [-0.25, -0.2) is 4.98 Å². The fraction of sp³-hybridized carbons (Fsp3) is 0.615. The molecule has 0 aliphatic heterocycles. The van der Waals surface area contributed by atoms with Crippen LogP contribution in [0.25, 0.3) is 4.96 Å². The van der Waals surface area contributed by atoms with E-state index in [-0.39, 0.29) is 0 Å². The van der Waals surface area contributed by atoms with Crippen LogP contribution in [0.3, 0.4) is 0 Å². The molecule has 0 atom stereocenters. The van der Waals surface area contributed by atoms with E-state index in [2.05, 4.69) is 48.0 Å². The molecule has 1 saturated carbocycles. The lowest BCUT2D eigenvalue weighted by atomic mass is 9.91. The second-order valence-electron chi connectivity index (χ2n) is 4.92. The van der Waals surface area contributed by atoms with E-state index in [1.54, 1.807) is 11.3 Å². The third-order valence-corrected chi connectivity index (χ3v) is 5.01. The molecule has 1 fully saturated rings. The van der Waals surface area contributed by atoms with Crippen LogP contribution < -0.4 is 0 Å². The van der Waals surface area contributed by atoms with Crippen molar-refractivity contribution in [3.05, 3.63) is 23.5 Å². The summed E-state index contributed by atoms with van der Waals surface area (Å²) in [6, 6.07) is 0.795. The van der Waals surface area contributed by atoms with E-state index in [9.17, 15) is 0 Å². The quantitative estimate of drug-likeness (QED) is 0.756. The molecule has 0 radical (unpaired) electrons. The number of hydrogen-bond acceptors (Lipinski definition) is 3. The van der Waals surface area contributed by atoms with Gasteiger partial charge < -0.3 is 0 Å². The number of rotatable bonds is 6. The molecule has 2 aromatic heterocycles. The highest BCUT2D eigenvalue weighted by Crippen LogP contribution is 2.26. The number of fused-ring (bicyclic) bond motifs is 1. The van der Waals surface area contributed by atoms with Crippen molar-refractivity contribution in [3.8, 4) is 0 Å². The summed E-state index contributed by atoms with van der Waals surface area (Å²) in [7, 11) is 0. The summed E-state index contributed by atoms with van der Waals surface area (Å²) < 4.78 is 2.13. The van der Waals surface area contributed by atoms with Crippen molar-refractivity contribution in [1.82, 2.24) is 14.3 Å². The third kappa shape index (κ3) is 2.63. The van der Waals surface area contributed by atoms with Crippen molar-refractivity contribution in [1.29, 1.82) is 0 Å². The Labute approximate surface area is 120 Å². The largest absolute Gasteiger partial charge is 0.297 e. The normalized spacial score (nSPS) is 16.6. The van der Waals surface area contributed by atoms with Crippen LogP contribution in [0.5, 0.6) is 0 Å². The highest BCUT2D eigenvalue weighted by molar-refractivity contribution is 9.09. The molecule has 2 heterocycles. The van der Waals surface area contributed by atoms with Gasteiger partial charge in [-0.05, 0) is 25.8 Å². The zero-order valence-electron chi connectivity index (χ0n) is 10.4. The average Bonchev–Trinajstić information content (AvgIpc) is 2.83.